The molecule has 0 aromatic rings. The van der Waals surface area contributed by atoms with E-state index < -0.39 is 226 Å². The maximum absolute atomic E-state index is 15.3. The SMILES string of the molecule is CC(=O)OC1C(C)OC(OC2C(CO)OC(OCC3OC(OC(=O)C45CCC(C)(C)CC4C4=CCC6C7(C)CCC(OC8OCC(O)C(O)C8OC8OC(C)C(O)C(OC9OCC(O)C(O)C9O)C8O)C(C)(CO)C7CCC6(C)C4(C)CC5)C(O)C(O)C3O)C(O)C2O)C(O)C1O. The first-order valence-electron chi connectivity index (χ1n) is 34.4. The predicted octanol–water partition coefficient (Wildman–Crippen LogP) is -3.51. The highest BCUT2D eigenvalue weighted by molar-refractivity contribution is 5.79. The highest BCUT2D eigenvalue weighted by atomic mass is 16.8. The summed E-state index contributed by atoms with van der Waals surface area (Å²) >= 11 is 0. The van der Waals surface area contributed by atoms with Crippen molar-refractivity contribution in [2.24, 2.45) is 50.2 Å². The summed E-state index contributed by atoms with van der Waals surface area (Å²) in [6.07, 6.45) is -37.6. The Bertz CT molecular complexity index is 2760. The molecule has 6 heterocycles. The van der Waals surface area contributed by atoms with E-state index in [2.05, 4.69) is 40.7 Å². The number of carbonyl (C=O) groups is 2. The molecule has 37 atom stereocenters. The average molecular weight is 1400 g/mol. The molecule has 556 valence electrons. The van der Waals surface area contributed by atoms with Crippen molar-refractivity contribution >= 4 is 11.9 Å². The van der Waals surface area contributed by atoms with Crippen molar-refractivity contribution in [1.29, 1.82) is 0 Å². The van der Waals surface area contributed by atoms with E-state index in [-0.39, 0.29) is 47.2 Å². The zero-order valence-electron chi connectivity index (χ0n) is 56.4. The number of hydrogen-bond acceptors (Lipinski definition) is 31. The van der Waals surface area contributed by atoms with E-state index in [1.54, 1.807) is 0 Å². The lowest BCUT2D eigenvalue weighted by molar-refractivity contribution is -0.379. The van der Waals surface area contributed by atoms with Crippen molar-refractivity contribution < 1.29 is 153 Å². The van der Waals surface area contributed by atoms with E-state index in [0.717, 1.165) is 18.9 Å². The van der Waals surface area contributed by atoms with E-state index in [1.807, 2.05) is 6.92 Å². The van der Waals surface area contributed by atoms with Crippen LogP contribution in [0.1, 0.15) is 127 Å². The molecule has 31 nitrogen and oxygen atoms in total. The lowest BCUT2D eigenvalue weighted by Gasteiger charge is -2.71. The van der Waals surface area contributed by atoms with E-state index >= 15 is 4.79 Å². The fourth-order valence-corrected chi connectivity index (χ4v) is 19.1. The van der Waals surface area contributed by atoms with Gasteiger partial charge in [0, 0.05) is 12.3 Å². The second kappa shape index (κ2) is 28.6. The minimum absolute atomic E-state index is 0.0687. The van der Waals surface area contributed by atoms with Crippen molar-refractivity contribution in [2.45, 2.75) is 305 Å². The number of ether oxygens (including phenoxy) is 13. The zero-order valence-corrected chi connectivity index (χ0v) is 56.4. The molecular weight excluding hydrogens is 1290 g/mol. The molecule has 10 fully saturated rings. The number of aliphatic hydroxyl groups excluding tert-OH is 16. The standard InChI is InChI=1S/C66H106O31/c1-26-38(72)52(95-55-45(79)39(73)31(70)22-85-55)49(83)58(88-26)96-53-40(74)32(71)23-86-59(53)93-37-13-14-62(6)35(63(37,7)25-68)12-15-65(9)36(62)11-10-29-30-20-61(4,5)16-18-66(30,19-17-64(29,65)8)60(84)97-57-46(80)42(76)41(75)34(92-57)24-87-54-47(81)44(78)51(33(21-67)91-54)94-56-48(82)43(77)50(27(2)89-56)90-28(3)69/h10,26-27,30-59,67-68,70-83H,11-25H2,1-9H3. The van der Waals surface area contributed by atoms with Gasteiger partial charge in [0.2, 0.25) is 6.29 Å². The molecule has 31 heteroatoms. The summed E-state index contributed by atoms with van der Waals surface area (Å²) in [6.45, 7) is 14.7. The fourth-order valence-electron chi connectivity index (χ4n) is 19.1. The van der Waals surface area contributed by atoms with E-state index in [9.17, 15) is 86.5 Å². The number of esters is 2. The van der Waals surface area contributed by atoms with Gasteiger partial charge in [-0.2, -0.15) is 0 Å². The minimum Gasteiger partial charge on any atom is -0.457 e. The van der Waals surface area contributed by atoms with E-state index in [1.165, 1.54) is 13.8 Å². The van der Waals surface area contributed by atoms with Crippen molar-refractivity contribution in [2.75, 3.05) is 33.0 Å². The Hall–Kier alpha value is -2.40. The van der Waals surface area contributed by atoms with Gasteiger partial charge in [0.05, 0.1) is 56.8 Å². The van der Waals surface area contributed by atoms with Crippen LogP contribution >= 0.6 is 0 Å². The Morgan fingerprint density at radius 2 is 1.10 bits per heavy atom. The molecule has 0 radical (unpaired) electrons. The van der Waals surface area contributed by atoms with E-state index in [4.69, 9.17) is 61.6 Å². The molecule has 0 aromatic carbocycles. The highest BCUT2D eigenvalue weighted by Crippen LogP contribution is 2.76. The van der Waals surface area contributed by atoms with Gasteiger partial charge in [0.15, 0.2) is 37.6 Å². The lowest BCUT2D eigenvalue weighted by Crippen LogP contribution is -2.67. The van der Waals surface area contributed by atoms with Crippen molar-refractivity contribution in [3.8, 4) is 0 Å². The molecule has 97 heavy (non-hydrogen) atoms. The largest absolute Gasteiger partial charge is 0.457 e. The third kappa shape index (κ3) is 13.3. The summed E-state index contributed by atoms with van der Waals surface area (Å²) < 4.78 is 76.7. The number of allylic oxidation sites excluding steroid dienone is 2. The van der Waals surface area contributed by atoms with Crippen LogP contribution < -0.4 is 0 Å². The summed E-state index contributed by atoms with van der Waals surface area (Å²) in [7, 11) is 0. The van der Waals surface area contributed by atoms with Gasteiger partial charge in [0.25, 0.3) is 0 Å². The van der Waals surface area contributed by atoms with Crippen molar-refractivity contribution in [1.82, 2.24) is 0 Å². The normalized spacial score (nSPS) is 53.8. The Balaban J connectivity index is 0.763. The van der Waals surface area contributed by atoms with Crippen LogP contribution in [0, 0.1) is 50.2 Å². The van der Waals surface area contributed by atoms with Gasteiger partial charge in [-0.3, -0.25) is 9.59 Å². The van der Waals surface area contributed by atoms with Crippen LogP contribution in [0.15, 0.2) is 11.6 Å². The van der Waals surface area contributed by atoms with Crippen molar-refractivity contribution in [3.63, 3.8) is 0 Å². The summed E-state index contributed by atoms with van der Waals surface area (Å²) in [5, 5.41) is 176. The van der Waals surface area contributed by atoms with Gasteiger partial charge in [-0.15, -0.1) is 0 Å². The van der Waals surface area contributed by atoms with Gasteiger partial charge in [-0.1, -0.05) is 53.2 Å². The molecule has 0 spiro atoms. The van der Waals surface area contributed by atoms with Gasteiger partial charge in [-0.05, 0) is 117 Å². The Morgan fingerprint density at radius 3 is 1.78 bits per heavy atom. The molecule has 4 saturated carbocycles. The number of fused-ring (bicyclic) bond motifs is 7. The van der Waals surface area contributed by atoms with Crippen LogP contribution in [0.3, 0.4) is 0 Å². The van der Waals surface area contributed by atoms with E-state index in [0.29, 0.717) is 57.8 Å². The highest BCUT2D eigenvalue weighted by Gasteiger charge is 2.71. The summed E-state index contributed by atoms with van der Waals surface area (Å²) in [6, 6.07) is 0. The monoisotopic (exact) mass is 1390 g/mol. The molecular formula is C66H106O31. The number of aliphatic hydroxyl groups is 16. The molecule has 0 bridgehead atoms. The van der Waals surface area contributed by atoms with Crippen LogP contribution in [0.5, 0.6) is 0 Å². The van der Waals surface area contributed by atoms with Gasteiger partial charge in [0.1, 0.15) is 116 Å². The second-order valence-corrected chi connectivity index (χ2v) is 31.4. The first-order valence-corrected chi connectivity index (χ1v) is 34.4. The fraction of sp³-hybridized carbons (Fsp3) is 0.939. The third-order valence-corrected chi connectivity index (χ3v) is 25.2. The Morgan fingerprint density at radius 1 is 0.515 bits per heavy atom. The quantitative estimate of drug-likeness (QED) is 0.0405. The van der Waals surface area contributed by atoms with Gasteiger partial charge < -0.3 is 143 Å². The van der Waals surface area contributed by atoms with Crippen molar-refractivity contribution in [3.05, 3.63) is 11.6 Å². The number of rotatable bonds is 16. The molecule has 11 rings (SSSR count). The minimum atomic E-state index is -1.93. The third-order valence-electron chi connectivity index (χ3n) is 25.2. The van der Waals surface area contributed by atoms with Gasteiger partial charge in [-0.25, -0.2) is 0 Å². The second-order valence-electron chi connectivity index (χ2n) is 31.4. The number of hydrogen-bond donors (Lipinski definition) is 16. The molecule has 0 aromatic heterocycles. The average Bonchev–Trinajstić information content (AvgIpc) is 0.674. The molecule has 5 aliphatic carbocycles. The molecule has 6 saturated heterocycles. The molecule has 16 N–H and O–H groups in total. The molecule has 11 aliphatic rings. The van der Waals surface area contributed by atoms with Crippen LogP contribution in [-0.4, -0.2) is 305 Å². The van der Waals surface area contributed by atoms with Crippen LogP contribution in [0.4, 0.5) is 0 Å². The topological polar surface area (TPSA) is 478 Å². The van der Waals surface area contributed by atoms with Gasteiger partial charge >= 0.3 is 11.9 Å². The maximum atomic E-state index is 15.3. The van der Waals surface area contributed by atoms with Crippen LogP contribution in [0.2, 0.25) is 0 Å². The van der Waals surface area contributed by atoms with Crippen LogP contribution in [0.25, 0.3) is 0 Å². The first kappa shape index (κ1) is 75.7. The first-order chi connectivity index (χ1) is 45.5. The van der Waals surface area contributed by atoms with Crippen LogP contribution in [-0.2, 0) is 71.2 Å². The molecule has 6 aliphatic heterocycles. The zero-order chi connectivity index (χ0) is 70.7. The molecule has 37 unspecified atom stereocenters. The summed E-state index contributed by atoms with van der Waals surface area (Å²) in [5.74, 6) is -1.78. The smallest absolute Gasteiger partial charge is 0.315 e. The lowest BCUT2D eigenvalue weighted by atomic mass is 9.33. The predicted molar refractivity (Wildman–Crippen MR) is 324 cm³/mol. The number of carbonyl (C=O) groups excluding carboxylic acids is 2. The maximum Gasteiger partial charge on any atom is 0.315 e. The Labute approximate surface area is 562 Å². The summed E-state index contributed by atoms with van der Waals surface area (Å²) in [4.78, 5) is 27.0. The Kier molecular flexibility index (Phi) is 22.3. The molecule has 0 amide bonds. The summed E-state index contributed by atoms with van der Waals surface area (Å²) in [5.41, 5.74) is -2.26.